The Labute approximate surface area is 222 Å². The van der Waals surface area contributed by atoms with E-state index in [2.05, 4.69) is 15.0 Å². The van der Waals surface area contributed by atoms with Gasteiger partial charge in [0.2, 0.25) is 11.8 Å². The van der Waals surface area contributed by atoms with E-state index in [0.717, 1.165) is 5.56 Å². The van der Waals surface area contributed by atoms with Gasteiger partial charge in [-0.2, -0.15) is 10.6 Å². The fourth-order valence-corrected chi connectivity index (χ4v) is 6.02. The topological polar surface area (TPSA) is 149 Å². The van der Waals surface area contributed by atoms with Crippen LogP contribution in [-0.4, -0.2) is 94.1 Å². The maximum Gasteiger partial charge on any atom is 0.343 e. The molecule has 2 heterocycles. The lowest BCUT2D eigenvalue weighted by Crippen LogP contribution is -2.39. The smallest absolute Gasteiger partial charge is 0.343 e. The summed E-state index contributed by atoms with van der Waals surface area (Å²) in [6, 6.07) is 11.6. The van der Waals surface area contributed by atoms with Crippen molar-refractivity contribution in [3.63, 3.8) is 0 Å². The van der Waals surface area contributed by atoms with E-state index in [4.69, 9.17) is 4.74 Å². The van der Waals surface area contributed by atoms with E-state index >= 15 is 0 Å². The highest BCUT2D eigenvalue weighted by Gasteiger charge is 2.31. The maximum atomic E-state index is 13.4. The maximum absolute atomic E-state index is 13.4. The minimum absolute atomic E-state index is 0.0243. The van der Waals surface area contributed by atoms with E-state index in [1.54, 1.807) is 42.3 Å². The number of anilines is 1. The van der Waals surface area contributed by atoms with Crippen molar-refractivity contribution < 1.29 is 38.1 Å². The SMILES string of the molecule is COC(=O)COc1cccc([C@@H](CN2CCC(O)C2)N(C)C(=O)Cc2ccc3c(c2)NC(=O)CS3(O)O)c1. The molecule has 4 rings (SSSR count). The van der Waals surface area contributed by atoms with E-state index in [-0.39, 0.29) is 35.6 Å². The molecule has 2 amide bonds. The molecule has 1 saturated heterocycles. The number of likely N-dealkylation sites (tertiary alicyclic amines) is 1. The molecule has 0 bridgehead atoms. The number of esters is 1. The first kappa shape index (κ1) is 27.9. The highest BCUT2D eigenvalue weighted by atomic mass is 32.3. The molecule has 38 heavy (non-hydrogen) atoms. The lowest BCUT2D eigenvalue weighted by atomic mass is 10.0. The third-order valence-electron chi connectivity index (χ3n) is 6.72. The monoisotopic (exact) mass is 547 g/mol. The van der Waals surface area contributed by atoms with Gasteiger partial charge in [0.25, 0.3) is 0 Å². The number of fused-ring (bicyclic) bond motifs is 1. The van der Waals surface area contributed by atoms with Crippen molar-refractivity contribution in [1.82, 2.24) is 9.80 Å². The van der Waals surface area contributed by atoms with Crippen molar-refractivity contribution >= 4 is 34.1 Å². The van der Waals surface area contributed by atoms with Gasteiger partial charge in [-0.05, 0) is 41.8 Å². The minimum Gasteiger partial charge on any atom is -0.482 e. The number of nitrogens with zero attached hydrogens (tertiary/aromatic N) is 2. The Kier molecular flexibility index (Phi) is 8.58. The number of carbonyl (C=O) groups excluding carboxylic acids is 3. The van der Waals surface area contributed by atoms with E-state index in [1.807, 2.05) is 6.07 Å². The van der Waals surface area contributed by atoms with Gasteiger partial charge in [0.15, 0.2) is 6.61 Å². The second-order valence-electron chi connectivity index (χ2n) is 9.53. The lowest BCUT2D eigenvalue weighted by molar-refractivity contribution is -0.143. The third kappa shape index (κ3) is 6.63. The van der Waals surface area contributed by atoms with Crippen molar-refractivity contribution in [2.24, 2.45) is 0 Å². The van der Waals surface area contributed by atoms with Crippen molar-refractivity contribution in [1.29, 1.82) is 0 Å². The predicted octanol–water partition coefficient (Wildman–Crippen LogP) is 2.11. The van der Waals surface area contributed by atoms with Crippen LogP contribution in [0.4, 0.5) is 5.69 Å². The molecule has 2 aromatic carbocycles. The van der Waals surface area contributed by atoms with Crippen molar-refractivity contribution in [3.05, 3.63) is 53.6 Å². The Morgan fingerprint density at radius 3 is 2.74 bits per heavy atom. The molecule has 206 valence electrons. The van der Waals surface area contributed by atoms with E-state index in [0.29, 0.717) is 43.1 Å². The largest absolute Gasteiger partial charge is 0.482 e. The number of nitrogens with one attached hydrogen (secondary N) is 1. The second-order valence-corrected chi connectivity index (χ2v) is 11.6. The van der Waals surface area contributed by atoms with Crippen LogP contribution in [0.5, 0.6) is 5.75 Å². The molecule has 2 aliphatic heterocycles. The molecule has 4 N–H and O–H groups in total. The van der Waals surface area contributed by atoms with Crippen molar-refractivity contribution in [2.45, 2.75) is 29.9 Å². The molecular formula is C26H33N3O8S. The van der Waals surface area contributed by atoms with Gasteiger partial charge in [0.1, 0.15) is 11.5 Å². The van der Waals surface area contributed by atoms with Gasteiger partial charge >= 0.3 is 5.97 Å². The summed E-state index contributed by atoms with van der Waals surface area (Å²) in [7, 11) is -0.221. The lowest BCUT2D eigenvalue weighted by Gasteiger charge is -2.37. The van der Waals surface area contributed by atoms with Crippen LogP contribution in [-0.2, 0) is 25.5 Å². The average molecular weight is 548 g/mol. The normalized spacial score (nSPS) is 20.1. The molecule has 11 nitrogen and oxygen atoms in total. The number of likely N-dealkylation sites (N-methyl/N-ethyl adjacent to an activating group) is 1. The number of β-amino-alcohol motifs (C(OH)–C–C–N with tert-alkyl or cyclic N) is 1. The van der Waals surface area contributed by atoms with Crippen molar-refractivity contribution in [2.75, 3.05) is 51.5 Å². The molecule has 0 radical (unpaired) electrons. The number of ether oxygens (including phenoxy) is 2. The highest BCUT2D eigenvalue weighted by Crippen LogP contribution is 2.53. The van der Waals surface area contributed by atoms with Gasteiger partial charge in [-0.1, -0.05) is 18.2 Å². The third-order valence-corrected chi connectivity index (χ3v) is 8.45. The summed E-state index contributed by atoms with van der Waals surface area (Å²) in [6.07, 6.45) is 0.271. The van der Waals surface area contributed by atoms with Crippen LogP contribution in [0.25, 0.3) is 0 Å². The summed E-state index contributed by atoms with van der Waals surface area (Å²) >= 11 is 0. The number of amides is 2. The van der Waals surface area contributed by atoms with Gasteiger partial charge in [0.05, 0.1) is 36.3 Å². The van der Waals surface area contributed by atoms with Gasteiger partial charge < -0.3 is 24.8 Å². The number of methoxy groups -OCH3 is 1. The average Bonchev–Trinajstić information content (AvgIpc) is 3.29. The van der Waals surface area contributed by atoms with Gasteiger partial charge in [0, 0.05) is 26.7 Å². The number of rotatable bonds is 9. The van der Waals surface area contributed by atoms with Crippen molar-refractivity contribution in [3.8, 4) is 5.75 Å². The number of aliphatic hydroxyl groups excluding tert-OH is 1. The van der Waals surface area contributed by atoms with Crippen LogP contribution in [0.3, 0.4) is 0 Å². The molecule has 2 atom stereocenters. The zero-order valence-electron chi connectivity index (χ0n) is 21.3. The molecule has 0 spiro atoms. The molecule has 0 aliphatic carbocycles. The first-order chi connectivity index (χ1) is 18.1. The van der Waals surface area contributed by atoms with Crippen LogP contribution < -0.4 is 10.1 Å². The summed E-state index contributed by atoms with van der Waals surface area (Å²) in [4.78, 5) is 40.8. The van der Waals surface area contributed by atoms with E-state index in [9.17, 15) is 28.6 Å². The first-order valence-electron chi connectivity index (χ1n) is 12.2. The van der Waals surface area contributed by atoms with Crippen LogP contribution in [0.15, 0.2) is 47.4 Å². The van der Waals surface area contributed by atoms with E-state index < -0.39 is 28.6 Å². The quantitative estimate of drug-likeness (QED) is 0.346. The predicted molar refractivity (Wildman–Crippen MR) is 141 cm³/mol. The summed E-state index contributed by atoms with van der Waals surface area (Å²) in [5.74, 6) is -1.10. The summed E-state index contributed by atoms with van der Waals surface area (Å²) in [5.41, 5.74) is 1.71. The van der Waals surface area contributed by atoms with Crippen LogP contribution in [0.2, 0.25) is 0 Å². The summed E-state index contributed by atoms with van der Waals surface area (Å²) < 4.78 is 30.7. The fraction of sp³-hybridized carbons (Fsp3) is 0.423. The van der Waals surface area contributed by atoms with Gasteiger partial charge in [-0.3, -0.25) is 23.6 Å². The number of benzene rings is 2. The molecule has 12 heteroatoms. The Hall–Kier alpha value is -3.16. The van der Waals surface area contributed by atoms with E-state index in [1.165, 1.54) is 13.2 Å². The summed E-state index contributed by atoms with van der Waals surface area (Å²) in [5, 5.41) is 12.7. The van der Waals surface area contributed by atoms with Gasteiger partial charge in [-0.25, -0.2) is 4.79 Å². The second kappa shape index (κ2) is 11.7. The number of carbonyl (C=O) groups is 3. The number of hydrogen-bond acceptors (Lipinski definition) is 9. The van der Waals surface area contributed by atoms with Crippen LogP contribution in [0, 0.1) is 0 Å². The van der Waals surface area contributed by atoms with Crippen LogP contribution in [0.1, 0.15) is 23.6 Å². The molecule has 0 saturated carbocycles. The molecule has 0 aromatic heterocycles. The first-order valence-corrected chi connectivity index (χ1v) is 13.9. The zero-order chi connectivity index (χ0) is 27.4. The molecule has 1 fully saturated rings. The van der Waals surface area contributed by atoms with Crippen LogP contribution >= 0.6 is 10.6 Å². The fourth-order valence-electron chi connectivity index (χ4n) is 4.68. The zero-order valence-corrected chi connectivity index (χ0v) is 22.1. The Morgan fingerprint density at radius 1 is 1.24 bits per heavy atom. The highest BCUT2D eigenvalue weighted by molar-refractivity contribution is 8.25. The minimum atomic E-state index is -3.21. The summed E-state index contributed by atoms with van der Waals surface area (Å²) in [6.45, 7) is 1.46. The Morgan fingerprint density at radius 2 is 2.03 bits per heavy atom. The molecule has 1 unspecified atom stereocenters. The number of aliphatic hydroxyl groups is 1. The Balaban J connectivity index is 1.54. The number of hydrogen-bond donors (Lipinski definition) is 4. The Bertz CT molecular complexity index is 1210. The molecule has 2 aliphatic rings. The molecular weight excluding hydrogens is 514 g/mol. The van der Waals surface area contributed by atoms with Gasteiger partial charge in [-0.15, -0.1) is 0 Å². The standard InChI is InChI=1S/C26H33N3O8S/c1-28(25(32)11-17-6-7-23-21(10-17)27-24(31)16-38(23,34)35)22(14-29-9-8-19(30)13-29)18-4-3-5-20(12-18)37-15-26(33)36-2/h3-7,10,12,19,22,30,34-35H,8-9,11,13-16H2,1-2H3,(H,27,31)/t19?,22-/m1/s1. The molecule has 2 aromatic rings.